The van der Waals surface area contributed by atoms with Crippen LogP contribution in [0.5, 0.6) is 0 Å². The van der Waals surface area contributed by atoms with Gasteiger partial charge in [0.25, 0.3) is 0 Å². The molecule has 0 radical (unpaired) electrons. The van der Waals surface area contributed by atoms with Gasteiger partial charge in [0.2, 0.25) is 0 Å². The quantitative estimate of drug-likeness (QED) is 0.152. The second-order valence-corrected chi connectivity index (χ2v) is 19.1. The highest BCUT2D eigenvalue weighted by Crippen LogP contribution is 2.43. The molecule has 7 nitrogen and oxygen atoms in total. The lowest BCUT2D eigenvalue weighted by Crippen LogP contribution is -2.03. The van der Waals surface area contributed by atoms with E-state index in [0.29, 0.717) is 0 Å². The molecule has 0 bridgehead atoms. The van der Waals surface area contributed by atoms with E-state index in [1.165, 1.54) is 21.5 Å². The molecule has 5 aromatic heterocycles. The minimum atomic E-state index is 0.755. The summed E-state index contributed by atoms with van der Waals surface area (Å²) in [6.45, 7) is 0. The maximum absolute atomic E-state index is 5.69. The van der Waals surface area contributed by atoms with Crippen molar-refractivity contribution in [3.63, 3.8) is 0 Å². The van der Waals surface area contributed by atoms with Crippen molar-refractivity contribution in [1.82, 2.24) is 34.1 Å². The molecule has 0 N–H and O–H groups in total. The zero-order valence-electron chi connectivity index (χ0n) is 41.0. The van der Waals surface area contributed by atoms with E-state index in [9.17, 15) is 0 Å². The van der Waals surface area contributed by atoms with Crippen LogP contribution in [0.15, 0.2) is 261 Å². The second-order valence-electron chi connectivity index (χ2n) is 19.1. The Hall–Kier alpha value is -10.4. The first-order valence-corrected chi connectivity index (χ1v) is 25.6. The number of aromatic nitrogens is 7. The molecule has 0 spiro atoms. The molecule has 0 aliphatic carbocycles. The first kappa shape index (κ1) is 43.2. The molecule has 5 heterocycles. The van der Waals surface area contributed by atoms with Crippen molar-refractivity contribution < 1.29 is 0 Å². The van der Waals surface area contributed by atoms with Crippen molar-refractivity contribution in [3.8, 4) is 78.8 Å². The SMILES string of the molecule is c1ccc(-c2nc3c(-c4ccc(-c5ccc(-n6c7ccccc7c7ccccc76)c6nc(-c7ccccc7)c(-c7ccccc7)nc56)nc4)ccc(-n4c5ccccc5c5ccccc54)c3nc2-c2ccccc2)cc1. The van der Waals surface area contributed by atoms with Crippen LogP contribution in [0.4, 0.5) is 0 Å². The van der Waals surface area contributed by atoms with Crippen LogP contribution in [0.25, 0.3) is 144 Å². The molecular formula is C69H43N7. The Labute approximate surface area is 437 Å². The van der Waals surface area contributed by atoms with E-state index in [0.717, 1.165) is 123 Å². The zero-order valence-corrected chi connectivity index (χ0v) is 41.0. The highest BCUT2D eigenvalue weighted by Gasteiger charge is 2.24. The van der Waals surface area contributed by atoms with Crippen LogP contribution >= 0.6 is 0 Å². The van der Waals surface area contributed by atoms with Crippen molar-refractivity contribution >= 4 is 65.7 Å². The molecule has 0 saturated carbocycles. The van der Waals surface area contributed by atoms with Gasteiger partial charge in [-0.3, -0.25) is 4.98 Å². The maximum Gasteiger partial charge on any atom is 0.114 e. The standard InChI is InChI=1S/C69H43N7/c1-5-21-44(22-6-1)62-64(46-25-9-3-10-26-46)73-68-60(75-56-33-17-13-29-50(56)51-30-14-18-34-57(51)75)41-38-49(66(68)71-62)48-37-40-55(70-43-48)54-39-42-61(76-58-35-19-15-31-52(58)53-32-16-20-36-59(53)76)69-67(54)72-63(45-23-7-2-8-24-45)65(74-69)47-27-11-4-12-28-47/h1-43H. The van der Waals surface area contributed by atoms with E-state index in [2.05, 4.69) is 240 Å². The van der Waals surface area contributed by atoms with Gasteiger partial charge in [-0.15, -0.1) is 0 Å². The van der Waals surface area contributed by atoms with Gasteiger partial charge in [-0.05, 0) is 54.6 Å². The molecule has 354 valence electrons. The summed E-state index contributed by atoms with van der Waals surface area (Å²) in [4.78, 5) is 28.0. The van der Waals surface area contributed by atoms with Crippen LogP contribution in [-0.4, -0.2) is 34.1 Å². The average Bonchev–Trinajstić information content (AvgIpc) is 4.04. The Bertz CT molecular complexity index is 4310. The van der Waals surface area contributed by atoms with Crippen molar-refractivity contribution in [2.24, 2.45) is 0 Å². The summed E-state index contributed by atoms with van der Waals surface area (Å²) in [6.07, 6.45) is 1.97. The van der Waals surface area contributed by atoms with Crippen LogP contribution in [0, 0.1) is 0 Å². The lowest BCUT2D eigenvalue weighted by molar-refractivity contribution is 1.17. The molecule has 15 aromatic rings. The molecule has 15 rings (SSSR count). The Kier molecular flexibility index (Phi) is 10.1. The molecule has 10 aromatic carbocycles. The van der Waals surface area contributed by atoms with Crippen LogP contribution in [0.2, 0.25) is 0 Å². The van der Waals surface area contributed by atoms with Gasteiger partial charge in [-0.2, -0.15) is 0 Å². The third kappa shape index (κ3) is 6.94. The Morgan fingerprint density at radius 1 is 0.237 bits per heavy atom. The molecule has 0 fully saturated rings. The van der Waals surface area contributed by atoms with Crippen molar-refractivity contribution in [3.05, 3.63) is 261 Å². The fourth-order valence-electron chi connectivity index (χ4n) is 11.3. The van der Waals surface area contributed by atoms with Crippen LogP contribution in [-0.2, 0) is 0 Å². The Morgan fingerprint density at radius 2 is 0.553 bits per heavy atom. The van der Waals surface area contributed by atoms with E-state index >= 15 is 0 Å². The molecule has 0 unspecified atom stereocenters. The van der Waals surface area contributed by atoms with E-state index < -0.39 is 0 Å². The lowest BCUT2D eigenvalue weighted by atomic mass is 9.99. The van der Waals surface area contributed by atoms with Crippen molar-refractivity contribution in [2.75, 3.05) is 0 Å². The largest absolute Gasteiger partial charge is 0.307 e. The molecule has 7 heteroatoms. The molecule has 0 atom stereocenters. The number of fused-ring (bicyclic) bond motifs is 8. The van der Waals surface area contributed by atoms with Gasteiger partial charge >= 0.3 is 0 Å². The Morgan fingerprint density at radius 3 is 0.908 bits per heavy atom. The summed E-state index contributed by atoms with van der Waals surface area (Å²) >= 11 is 0. The smallest absolute Gasteiger partial charge is 0.114 e. The topological polar surface area (TPSA) is 74.3 Å². The first-order valence-electron chi connectivity index (χ1n) is 25.6. The molecule has 76 heavy (non-hydrogen) atoms. The Balaban J connectivity index is 0.964. The van der Waals surface area contributed by atoms with E-state index in [-0.39, 0.29) is 0 Å². The number of nitrogens with zero attached hydrogens (tertiary/aromatic N) is 7. The number of hydrogen-bond acceptors (Lipinski definition) is 5. The van der Waals surface area contributed by atoms with Gasteiger partial charge < -0.3 is 9.13 Å². The number of rotatable bonds is 8. The average molecular weight is 970 g/mol. The van der Waals surface area contributed by atoms with Gasteiger partial charge in [0.05, 0.1) is 67.4 Å². The van der Waals surface area contributed by atoms with Gasteiger partial charge in [-0.25, -0.2) is 19.9 Å². The summed E-state index contributed by atoms with van der Waals surface area (Å²) in [5, 5.41) is 4.72. The molecule has 0 aliphatic rings. The number of hydrogen-bond donors (Lipinski definition) is 0. The summed E-state index contributed by atoms with van der Waals surface area (Å²) in [5.74, 6) is 0. The molecular weight excluding hydrogens is 927 g/mol. The number of benzene rings is 10. The normalized spacial score (nSPS) is 11.7. The predicted octanol–water partition coefficient (Wildman–Crippen LogP) is 17.2. The highest BCUT2D eigenvalue weighted by atomic mass is 15.0. The molecule has 0 amide bonds. The summed E-state index contributed by atoms with van der Waals surface area (Å²) in [6, 6.07) is 88.9. The minimum Gasteiger partial charge on any atom is -0.307 e. The monoisotopic (exact) mass is 969 g/mol. The number of pyridine rings is 1. The molecule has 0 aliphatic heterocycles. The van der Waals surface area contributed by atoms with Gasteiger partial charge in [0.15, 0.2) is 0 Å². The van der Waals surface area contributed by atoms with Gasteiger partial charge in [0.1, 0.15) is 16.6 Å². The third-order valence-electron chi connectivity index (χ3n) is 14.8. The minimum absolute atomic E-state index is 0.755. The summed E-state index contributed by atoms with van der Waals surface area (Å²) in [7, 11) is 0. The van der Waals surface area contributed by atoms with Gasteiger partial charge in [-0.1, -0.05) is 200 Å². The van der Waals surface area contributed by atoms with E-state index in [1.54, 1.807) is 0 Å². The van der Waals surface area contributed by atoms with Crippen LogP contribution in [0.1, 0.15) is 0 Å². The van der Waals surface area contributed by atoms with Crippen LogP contribution in [0.3, 0.4) is 0 Å². The number of para-hydroxylation sites is 4. The van der Waals surface area contributed by atoms with Gasteiger partial charge in [0, 0.05) is 66.7 Å². The fraction of sp³-hybridized carbons (Fsp3) is 0. The fourth-order valence-corrected chi connectivity index (χ4v) is 11.3. The zero-order chi connectivity index (χ0) is 50.1. The van der Waals surface area contributed by atoms with E-state index in [4.69, 9.17) is 24.9 Å². The summed E-state index contributed by atoms with van der Waals surface area (Å²) < 4.78 is 4.67. The second kappa shape index (κ2) is 17.7. The van der Waals surface area contributed by atoms with E-state index in [1.807, 2.05) is 30.5 Å². The third-order valence-corrected chi connectivity index (χ3v) is 14.8. The van der Waals surface area contributed by atoms with Crippen molar-refractivity contribution in [2.45, 2.75) is 0 Å². The lowest BCUT2D eigenvalue weighted by Gasteiger charge is -2.18. The summed E-state index contributed by atoms with van der Waals surface area (Å²) in [5.41, 5.74) is 20.1. The first-order chi connectivity index (χ1) is 37.7. The highest BCUT2D eigenvalue weighted by molar-refractivity contribution is 6.13. The van der Waals surface area contributed by atoms with Crippen molar-refractivity contribution in [1.29, 1.82) is 0 Å². The molecule has 0 saturated heterocycles. The van der Waals surface area contributed by atoms with Crippen LogP contribution < -0.4 is 0 Å². The maximum atomic E-state index is 5.69. The predicted molar refractivity (Wildman–Crippen MR) is 312 cm³/mol.